The van der Waals surface area contributed by atoms with Crippen molar-refractivity contribution in [2.75, 3.05) is 0 Å². The standard InChI is InChI=1S/C12H20OSi/c1-2-3-12(13)11-6-4-10(5-7-11)8-9-14/h4-7,12-13H,2-3,8-9H2,1,14H3. The van der Waals surface area contributed by atoms with Crippen molar-refractivity contribution >= 4 is 10.2 Å². The molecule has 1 unspecified atom stereocenters. The van der Waals surface area contributed by atoms with Gasteiger partial charge < -0.3 is 5.11 Å². The maximum atomic E-state index is 9.75. The van der Waals surface area contributed by atoms with E-state index in [-0.39, 0.29) is 6.10 Å². The predicted octanol–water partition coefficient (Wildman–Crippen LogP) is 1.85. The largest absolute Gasteiger partial charge is 0.388 e. The lowest BCUT2D eigenvalue weighted by Gasteiger charge is -2.09. The zero-order valence-corrected chi connectivity index (χ0v) is 11.2. The molecule has 0 saturated heterocycles. The Labute approximate surface area is 89.6 Å². The van der Waals surface area contributed by atoms with E-state index < -0.39 is 0 Å². The number of benzene rings is 1. The highest BCUT2D eigenvalue weighted by atomic mass is 28.1. The van der Waals surface area contributed by atoms with Crippen LogP contribution >= 0.6 is 0 Å². The van der Waals surface area contributed by atoms with Crippen LogP contribution in [0.5, 0.6) is 0 Å². The molecular weight excluding hydrogens is 188 g/mol. The number of aryl methyl sites for hydroxylation is 1. The predicted molar refractivity (Wildman–Crippen MR) is 64.8 cm³/mol. The van der Waals surface area contributed by atoms with Crippen molar-refractivity contribution in [1.82, 2.24) is 0 Å². The van der Waals surface area contributed by atoms with Crippen molar-refractivity contribution in [3.8, 4) is 0 Å². The molecule has 1 nitrogen and oxygen atoms in total. The van der Waals surface area contributed by atoms with Crippen molar-refractivity contribution in [1.29, 1.82) is 0 Å². The molecule has 1 aromatic carbocycles. The van der Waals surface area contributed by atoms with Gasteiger partial charge >= 0.3 is 0 Å². The second-order valence-corrected chi connectivity index (χ2v) is 4.80. The summed E-state index contributed by atoms with van der Waals surface area (Å²) in [5, 5.41) is 9.75. The topological polar surface area (TPSA) is 20.2 Å². The van der Waals surface area contributed by atoms with Crippen LogP contribution in [0.1, 0.15) is 37.0 Å². The lowest BCUT2D eigenvalue weighted by Crippen LogP contribution is -1.96. The van der Waals surface area contributed by atoms with Gasteiger partial charge in [-0.05, 0) is 24.0 Å². The van der Waals surface area contributed by atoms with E-state index in [2.05, 4.69) is 31.2 Å². The SMILES string of the molecule is CCCC(O)c1ccc(CC[SiH3])cc1. The van der Waals surface area contributed by atoms with Crippen molar-refractivity contribution in [2.24, 2.45) is 0 Å². The van der Waals surface area contributed by atoms with Crippen LogP contribution in [0.2, 0.25) is 6.04 Å². The Morgan fingerprint density at radius 3 is 2.43 bits per heavy atom. The fraction of sp³-hybridized carbons (Fsp3) is 0.500. The van der Waals surface area contributed by atoms with Crippen LogP contribution in [-0.2, 0) is 6.42 Å². The van der Waals surface area contributed by atoms with Crippen LogP contribution in [-0.4, -0.2) is 15.3 Å². The van der Waals surface area contributed by atoms with Gasteiger partial charge in [-0.15, -0.1) is 0 Å². The van der Waals surface area contributed by atoms with Gasteiger partial charge in [0.15, 0.2) is 0 Å². The average Bonchev–Trinajstić information content (AvgIpc) is 2.20. The molecule has 1 rings (SSSR count). The maximum Gasteiger partial charge on any atom is 0.0790 e. The van der Waals surface area contributed by atoms with Crippen LogP contribution in [0, 0.1) is 0 Å². The fourth-order valence-corrected chi connectivity index (χ4v) is 2.21. The van der Waals surface area contributed by atoms with E-state index in [0.717, 1.165) is 18.4 Å². The van der Waals surface area contributed by atoms with Crippen molar-refractivity contribution in [2.45, 2.75) is 38.3 Å². The van der Waals surface area contributed by atoms with Gasteiger partial charge in [0.05, 0.1) is 6.10 Å². The minimum atomic E-state index is -0.273. The molecule has 2 heteroatoms. The van der Waals surface area contributed by atoms with E-state index in [4.69, 9.17) is 0 Å². The summed E-state index contributed by atoms with van der Waals surface area (Å²) in [6.45, 7) is 2.10. The summed E-state index contributed by atoms with van der Waals surface area (Å²) in [5.41, 5.74) is 2.45. The van der Waals surface area contributed by atoms with Crippen LogP contribution < -0.4 is 0 Å². The van der Waals surface area contributed by atoms with E-state index in [1.165, 1.54) is 28.3 Å². The van der Waals surface area contributed by atoms with Crippen molar-refractivity contribution in [3.05, 3.63) is 35.4 Å². The smallest absolute Gasteiger partial charge is 0.0790 e. The first kappa shape index (κ1) is 11.5. The second kappa shape index (κ2) is 5.99. The molecule has 0 aliphatic heterocycles. The van der Waals surface area contributed by atoms with Crippen molar-refractivity contribution in [3.63, 3.8) is 0 Å². The monoisotopic (exact) mass is 208 g/mol. The molecule has 0 amide bonds. The van der Waals surface area contributed by atoms with E-state index in [0.29, 0.717) is 0 Å². The molecule has 0 spiro atoms. The van der Waals surface area contributed by atoms with Crippen LogP contribution in [0.4, 0.5) is 0 Å². The zero-order chi connectivity index (χ0) is 10.4. The number of hydrogen-bond acceptors (Lipinski definition) is 1. The second-order valence-electron chi connectivity index (χ2n) is 3.80. The van der Waals surface area contributed by atoms with Gasteiger partial charge in [-0.1, -0.05) is 43.7 Å². The zero-order valence-electron chi connectivity index (χ0n) is 9.16. The van der Waals surface area contributed by atoms with Gasteiger partial charge in [0.2, 0.25) is 0 Å². The fourth-order valence-electron chi connectivity index (χ4n) is 1.64. The first-order chi connectivity index (χ1) is 6.77. The Balaban J connectivity index is 2.62. The van der Waals surface area contributed by atoms with Crippen LogP contribution in [0.3, 0.4) is 0 Å². The summed E-state index contributed by atoms with van der Waals surface area (Å²) >= 11 is 0. The van der Waals surface area contributed by atoms with E-state index in [9.17, 15) is 5.11 Å². The Morgan fingerprint density at radius 2 is 1.93 bits per heavy atom. The Morgan fingerprint density at radius 1 is 1.29 bits per heavy atom. The highest BCUT2D eigenvalue weighted by Crippen LogP contribution is 2.18. The molecule has 14 heavy (non-hydrogen) atoms. The Bertz CT molecular complexity index is 256. The molecule has 0 aliphatic carbocycles. The Hall–Kier alpha value is -0.603. The van der Waals surface area contributed by atoms with Gasteiger partial charge in [0.1, 0.15) is 0 Å². The first-order valence-electron chi connectivity index (χ1n) is 5.54. The van der Waals surface area contributed by atoms with Crippen LogP contribution in [0.25, 0.3) is 0 Å². The molecule has 78 valence electrons. The molecule has 0 heterocycles. The minimum absolute atomic E-state index is 0.273. The normalized spacial score (nSPS) is 13.0. The minimum Gasteiger partial charge on any atom is -0.388 e. The molecule has 1 atom stereocenters. The number of aliphatic hydroxyl groups is 1. The molecule has 0 aliphatic rings. The number of hydrogen-bond donors (Lipinski definition) is 1. The van der Waals surface area contributed by atoms with E-state index >= 15 is 0 Å². The number of aliphatic hydroxyl groups excluding tert-OH is 1. The summed E-state index contributed by atoms with van der Waals surface area (Å²) in [4.78, 5) is 0. The quantitative estimate of drug-likeness (QED) is 0.732. The molecule has 0 fully saturated rings. The lowest BCUT2D eigenvalue weighted by molar-refractivity contribution is 0.166. The van der Waals surface area contributed by atoms with E-state index in [1.807, 2.05) is 0 Å². The summed E-state index contributed by atoms with van der Waals surface area (Å²) in [5.74, 6) is 0. The van der Waals surface area contributed by atoms with Gasteiger partial charge in [0, 0.05) is 10.2 Å². The van der Waals surface area contributed by atoms with Gasteiger partial charge in [-0.3, -0.25) is 0 Å². The maximum absolute atomic E-state index is 9.75. The van der Waals surface area contributed by atoms with Crippen LogP contribution in [0.15, 0.2) is 24.3 Å². The highest BCUT2D eigenvalue weighted by Gasteiger charge is 2.04. The van der Waals surface area contributed by atoms with Gasteiger partial charge in [-0.25, -0.2) is 0 Å². The molecule has 1 N–H and O–H groups in total. The molecule has 0 aromatic heterocycles. The molecular formula is C12H20OSi. The number of rotatable bonds is 5. The summed E-state index contributed by atoms with van der Waals surface area (Å²) in [6, 6.07) is 9.73. The van der Waals surface area contributed by atoms with E-state index in [1.54, 1.807) is 0 Å². The molecule has 1 aromatic rings. The lowest BCUT2D eigenvalue weighted by atomic mass is 10.0. The van der Waals surface area contributed by atoms with Gasteiger partial charge in [-0.2, -0.15) is 0 Å². The summed E-state index contributed by atoms with van der Waals surface area (Å²) in [6.07, 6.45) is 2.81. The third-order valence-electron chi connectivity index (χ3n) is 2.47. The van der Waals surface area contributed by atoms with Gasteiger partial charge in [0.25, 0.3) is 0 Å². The average molecular weight is 208 g/mol. The molecule has 0 saturated carbocycles. The third kappa shape index (κ3) is 3.27. The summed E-state index contributed by atoms with van der Waals surface area (Å²) < 4.78 is 0. The molecule has 0 bridgehead atoms. The van der Waals surface area contributed by atoms with Crippen molar-refractivity contribution < 1.29 is 5.11 Å². The highest BCUT2D eigenvalue weighted by molar-refractivity contribution is 6.08. The first-order valence-corrected chi connectivity index (χ1v) is 6.96. The Kier molecular flexibility index (Phi) is 4.91. The molecule has 0 radical (unpaired) electrons. The third-order valence-corrected chi connectivity index (χ3v) is 2.97. The summed E-state index contributed by atoms with van der Waals surface area (Å²) in [7, 11) is 1.27.